The van der Waals surface area contributed by atoms with Crippen LogP contribution in [-0.2, 0) is 0 Å². The van der Waals surface area contributed by atoms with Gasteiger partial charge in [-0.1, -0.05) is 48.5 Å². The Morgan fingerprint density at radius 1 is 0.893 bits per heavy atom. The zero-order valence-corrected chi connectivity index (χ0v) is 15.5. The molecule has 1 aromatic heterocycles. The van der Waals surface area contributed by atoms with E-state index in [-0.39, 0.29) is 17.6 Å². The predicted octanol–water partition coefficient (Wildman–Crippen LogP) is 3.96. The molecule has 0 bridgehead atoms. The second kappa shape index (κ2) is 6.68. The number of hydrogen-bond acceptors (Lipinski definition) is 2. The van der Waals surface area contributed by atoms with Crippen molar-refractivity contribution in [2.45, 2.75) is 18.9 Å². The second-order valence-corrected chi connectivity index (χ2v) is 7.37. The zero-order valence-electron chi connectivity index (χ0n) is 15.5. The summed E-state index contributed by atoms with van der Waals surface area (Å²) in [6, 6.07) is 21.7. The molecule has 0 spiro atoms. The highest BCUT2D eigenvalue weighted by molar-refractivity contribution is 6.07. The van der Waals surface area contributed by atoms with Gasteiger partial charge in [-0.3, -0.25) is 9.36 Å². The molecule has 28 heavy (non-hydrogen) atoms. The Bertz CT molecular complexity index is 1220. The number of carbonyl (C=O) groups excluding carboxylic acids is 1. The van der Waals surface area contributed by atoms with E-state index in [4.69, 9.17) is 0 Å². The standard InChI is InChI=1S/C23H21N3O2/c27-22(19-9-5-7-16-6-1-2-8-18(16)19)25-14-12-17(13-15-25)26-21-11-4-3-10-20(21)24-23(26)28/h1-11,17H,12-15H2,(H,24,28). The molecule has 0 radical (unpaired) electrons. The molecule has 1 aliphatic heterocycles. The molecule has 0 unspecified atom stereocenters. The van der Waals surface area contributed by atoms with Crippen molar-refractivity contribution >= 4 is 27.7 Å². The number of fused-ring (bicyclic) bond motifs is 2. The fraction of sp³-hybridized carbons (Fsp3) is 0.217. The van der Waals surface area contributed by atoms with Gasteiger partial charge in [-0.05, 0) is 41.8 Å². The van der Waals surface area contributed by atoms with E-state index < -0.39 is 0 Å². The Kier molecular flexibility index (Phi) is 4.01. The summed E-state index contributed by atoms with van der Waals surface area (Å²) in [5, 5.41) is 2.07. The molecule has 1 fully saturated rings. The fourth-order valence-electron chi connectivity index (χ4n) is 4.35. The Balaban J connectivity index is 1.39. The van der Waals surface area contributed by atoms with Gasteiger partial charge in [0.1, 0.15) is 0 Å². The molecular formula is C23H21N3O2. The van der Waals surface area contributed by atoms with Gasteiger partial charge in [0.15, 0.2) is 0 Å². The molecule has 0 saturated carbocycles. The summed E-state index contributed by atoms with van der Waals surface area (Å²) in [7, 11) is 0. The highest BCUT2D eigenvalue weighted by Crippen LogP contribution is 2.27. The average molecular weight is 371 g/mol. The quantitative estimate of drug-likeness (QED) is 0.580. The number of imidazole rings is 1. The molecule has 1 saturated heterocycles. The van der Waals surface area contributed by atoms with Gasteiger partial charge in [0.05, 0.1) is 11.0 Å². The Labute approximate surface area is 162 Å². The second-order valence-electron chi connectivity index (χ2n) is 7.37. The molecule has 1 N–H and O–H groups in total. The molecule has 2 heterocycles. The van der Waals surface area contributed by atoms with Gasteiger partial charge in [-0.2, -0.15) is 0 Å². The van der Waals surface area contributed by atoms with Crippen LogP contribution in [0.1, 0.15) is 29.2 Å². The molecule has 5 nitrogen and oxygen atoms in total. The van der Waals surface area contributed by atoms with Crippen LogP contribution in [0.15, 0.2) is 71.5 Å². The average Bonchev–Trinajstić information content (AvgIpc) is 3.08. The zero-order chi connectivity index (χ0) is 19.1. The van der Waals surface area contributed by atoms with Gasteiger partial charge in [0.25, 0.3) is 5.91 Å². The number of aromatic amines is 1. The molecule has 0 atom stereocenters. The van der Waals surface area contributed by atoms with Gasteiger partial charge < -0.3 is 9.88 Å². The van der Waals surface area contributed by atoms with E-state index in [1.807, 2.05) is 76.2 Å². The summed E-state index contributed by atoms with van der Waals surface area (Å²) < 4.78 is 1.86. The molecule has 3 aromatic carbocycles. The fourth-order valence-corrected chi connectivity index (χ4v) is 4.35. The van der Waals surface area contributed by atoms with Crippen molar-refractivity contribution in [3.63, 3.8) is 0 Å². The summed E-state index contributed by atoms with van der Waals surface area (Å²) in [4.78, 5) is 30.4. The van der Waals surface area contributed by atoms with Crippen molar-refractivity contribution in [2.24, 2.45) is 0 Å². The minimum absolute atomic E-state index is 0.0694. The van der Waals surface area contributed by atoms with Crippen molar-refractivity contribution in [3.8, 4) is 0 Å². The monoisotopic (exact) mass is 371 g/mol. The maximum Gasteiger partial charge on any atom is 0.326 e. The van der Waals surface area contributed by atoms with Crippen LogP contribution in [0.5, 0.6) is 0 Å². The number of amides is 1. The first-order valence-corrected chi connectivity index (χ1v) is 9.68. The van der Waals surface area contributed by atoms with E-state index in [0.717, 1.165) is 40.2 Å². The lowest BCUT2D eigenvalue weighted by Gasteiger charge is -2.32. The van der Waals surface area contributed by atoms with E-state index in [9.17, 15) is 9.59 Å². The number of rotatable bonds is 2. The number of likely N-dealkylation sites (tertiary alicyclic amines) is 1. The number of nitrogens with zero attached hydrogens (tertiary/aromatic N) is 2. The number of carbonyl (C=O) groups is 1. The van der Waals surface area contributed by atoms with Crippen molar-refractivity contribution in [2.75, 3.05) is 13.1 Å². The highest BCUT2D eigenvalue weighted by atomic mass is 16.2. The third-order valence-corrected chi connectivity index (χ3v) is 5.76. The number of piperidine rings is 1. The Hall–Kier alpha value is -3.34. The largest absolute Gasteiger partial charge is 0.338 e. The highest BCUT2D eigenvalue weighted by Gasteiger charge is 2.27. The summed E-state index contributed by atoms with van der Waals surface area (Å²) in [6.07, 6.45) is 1.55. The van der Waals surface area contributed by atoms with Crippen LogP contribution in [0, 0.1) is 0 Å². The van der Waals surface area contributed by atoms with Crippen molar-refractivity contribution < 1.29 is 4.79 Å². The van der Waals surface area contributed by atoms with Crippen LogP contribution in [-0.4, -0.2) is 33.4 Å². The van der Waals surface area contributed by atoms with Gasteiger partial charge >= 0.3 is 5.69 Å². The molecule has 5 heteroatoms. The van der Waals surface area contributed by atoms with Gasteiger partial charge in [0.2, 0.25) is 0 Å². The lowest BCUT2D eigenvalue weighted by molar-refractivity contribution is 0.0697. The molecular weight excluding hydrogens is 350 g/mol. The topological polar surface area (TPSA) is 58.1 Å². The first kappa shape index (κ1) is 16.8. The van der Waals surface area contributed by atoms with Crippen LogP contribution in [0.2, 0.25) is 0 Å². The normalized spacial score (nSPS) is 15.4. The lowest BCUT2D eigenvalue weighted by Crippen LogP contribution is -2.40. The molecule has 140 valence electrons. The molecule has 5 rings (SSSR count). The predicted molar refractivity (Wildman–Crippen MR) is 111 cm³/mol. The first-order chi connectivity index (χ1) is 13.7. The van der Waals surface area contributed by atoms with E-state index >= 15 is 0 Å². The third-order valence-electron chi connectivity index (χ3n) is 5.76. The van der Waals surface area contributed by atoms with Crippen LogP contribution in [0.4, 0.5) is 0 Å². The van der Waals surface area contributed by atoms with Crippen molar-refractivity contribution in [3.05, 3.63) is 82.8 Å². The Morgan fingerprint density at radius 3 is 2.46 bits per heavy atom. The third kappa shape index (κ3) is 2.71. The van der Waals surface area contributed by atoms with E-state index in [0.29, 0.717) is 13.1 Å². The summed E-state index contributed by atoms with van der Waals surface area (Å²) in [5.41, 5.74) is 2.48. The Morgan fingerprint density at radius 2 is 1.61 bits per heavy atom. The maximum atomic E-state index is 13.1. The number of para-hydroxylation sites is 2. The number of H-pyrrole nitrogens is 1. The number of hydrogen-bond donors (Lipinski definition) is 1. The van der Waals surface area contributed by atoms with Crippen LogP contribution < -0.4 is 5.69 Å². The summed E-state index contributed by atoms with van der Waals surface area (Å²) in [5.74, 6) is 0.0709. The van der Waals surface area contributed by atoms with Gasteiger partial charge in [0, 0.05) is 24.7 Å². The van der Waals surface area contributed by atoms with Gasteiger partial charge in [-0.15, -0.1) is 0 Å². The maximum absolute atomic E-state index is 13.1. The number of benzene rings is 3. The van der Waals surface area contributed by atoms with E-state index in [1.54, 1.807) is 0 Å². The smallest absolute Gasteiger partial charge is 0.326 e. The lowest BCUT2D eigenvalue weighted by atomic mass is 10.0. The van der Waals surface area contributed by atoms with Crippen molar-refractivity contribution in [1.82, 2.24) is 14.5 Å². The molecule has 1 amide bonds. The first-order valence-electron chi connectivity index (χ1n) is 9.68. The number of aromatic nitrogens is 2. The van der Waals surface area contributed by atoms with Gasteiger partial charge in [-0.25, -0.2) is 4.79 Å². The van der Waals surface area contributed by atoms with E-state index in [2.05, 4.69) is 4.98 Å². The minimum Gasteiger partial charge on any atom is -0.338 e. The molecule has 1 aliphatic rings. The minimum atomic E-state index is -0.0694. The van der Waals surface area contributed by atoms with Crippen molar-refractivity contribution in [1.29, 1.82) is 0 Å². The summed E-state index contributed by atoms with van der Waals surface area (Å²) in [6.45, 7) is 1.30. The number of nitrogens with one attached hydrogen (secondary N) is 1. The molecule has 0 aliphatic carbocycles. The van der Waals surface area contributed by atoms with Crippen LogP contribution in [0.25, 0.3) is 21.8 Å². The van der Waals surface area contributed by atoms with Crippen LogP contribution in [0.3, 0.4) is 0 Å². The van der Waals surface area contributed by atoms with E-state index in [1.165, 1.54) is 0 Å². The summed E-state index contributed by atoms with van der Waals surface area (Å²) >= 11 is 0. The van der Waals surface area contributed by atoms with Crippen LogP contribution >= 0.6 is 0 Å². The SMILES string of the molecule is O=C(c1cccc2ccccc12)N1CCC(n2c(=O)[nH]c3ccccc32)CC1. The molecule has 4 aromatic rings.